The number of nitrogens with zero attached hydrogens (tertiary/aromatic N) is 3. The maximum absolute atomic E-state index is 4.07. The predicted molar refractivity (Wildman–Crippen MR) is 109 cm³/mol. The average Bonchev–Trinajstić information content (AvgIpc) is 3.31. The van der Waals surface area contributed by atoms with E-state index < -0.39 is 0 Å². The molecule has 0 aliphatic carbocycles. The van der Waals surface area contributed by atoms with E-state index in [9.17, 15) is 0 Å². The van der Waals surface area contributed by atoms with Gasteiger partial charge >= 0.3 is 0 Å². The summed E-state index contributed by atoms with van der Waals surface area (Å²) < 4.78 is 1.80. The minimum absolute atomic E-state index is 0.441. The van der Waals surface area contributed by atoms with Crippen LogP contribution in [-0.4, -0.2) is 32.9 Å². The Labute approximate surface area is 158 Å². The normalized spacial score (nSPS) is 16.0. The van der Waals surface area contributed by atoms with E-state index in [-0.39, 0.29) is 0 Å². The van der Waals surface area contributed by atoms with Gasteiger partial charge in [-0.3, -0.25) is 0 Å². The van der Waals surface area contributed by atoms with Crippen LogP contribution in [0.4, 0.5) is 0 Å². The summed E-state index contributed by atoms with van der Waals surface area (Å²) >= 11 is 0. The molecular formula is C22H25N5. The molecule has 0 bridgehead atoms. The topological polar surface area (TPSA) is 58.0 Å². The summed E-state index contributed by atoms with van der Waals surface area (Å²) in [6, 6.07) is 11.3. The number of hydrogen-bond acceptors (Lipinski definition) is 3. The lowest BCUT2D eigenvalue weighted by molar-refractivity contribution is 0.460. The number of hydrogen-bond donors (Lipinski definition) is 2. The number of benzene rings is 1. The highest BCUT2D eigenvalue weighted by Crippen LogP contribution is 2.38. The van der Waals surface area contributed by atoms with Crippen LogP contribution in [0.1, 0.15) is 49.7 Å². The van der Waals surface area contributed by atoms with Crippen molar-refractivity contribution >= 4 is 16.4 Å². The number of nitrogens with one attached hydrogen (secondary N) is 2. The molecule has 4 heterocycles. The second-order valence-corrected chi connectivity index (χ2v) is 7.92. The van der Waals surface area contributed by atoms with E-state index in [4.69, 9.17) is 0 Å². The quantitative estimate of drug-likeness (QED) is 0.567. The van der Waals surface area contributed by atoms with Gasteiger partial charge in [-0.05, 0) is 73.2 Å². The van der Waals surface area contributed by atoms with Crippen LogP contribution in [0.25, 0.3) is 27.7 Å². The monoisotopic (exact) mass is 359 g/mol. The molecular weight excluding hydrogens is 334 g/mol. The first-order valence-electron chi connectivity index (χ1n) is 9.87. The van der Waals surface area contributed by atoms with Crippen molar-refractivity contribution in [1.82, 2.24) is 25.1 Å². The summed E-state index contributed by atoms with van der Waals surface area (Å²) in [7, 11) is 0. The second kappa shape index (κ2) is 6.50. The standard InChI is InChI=1S/C22H25N5/c1-14(2)21-19-12-16(15-5-8-23-9-6-15)3-4-20(19)25-22(21)17-7-10-27-18(11-17)13-24-26-27/h3-4,7,10-15,23,25H,5-6,8-9H2,1-2H3. The molecule has 0 radical (unpaired) electrons. The Morgan fingerprint density at radius 2 is 1.96 bits per heavy atom. The smallest absolute Gasteiger partial charge is 0.0871 e. The molecule has 1 saturated heterocycles. The van der Waals surface area contributed by atoms with Gasteiger partial charge in [-0.2, -0.15) is 0 Å². The number of piperidine rings is 1. The van der Waals surface area contributed by atoms with Gasteiger partial charge in [0.05, 0.1) is 17.4 Å². The maximum atomic E-state index is 4.07. The van der Waals surface area contributed by atoms with Crippen LogP contribution in [-0.2, 0) is 0 Å². The predicted octanol–water partition coefficient (Wildman–Crippen LogP) is 4.47. The van der Waals surface area contributed by atoms with Gasteiger partial charge in [0.15, 0.2) is 0 Å². The molecule has 1 aliphatic heterocycles. The van der Waals surface area contributed by atoms with Crippen molar-refractivity contribution in [3.8, 4) is 11.3 Å². The van der Waals surface area contributed by atoms with Crippen molar-refractivity contribution in [1.29, 1.82) is 0 Å². The third-order valence-corrected chi connectivity index (χ3v) is 5.84. The number of pyridine rings is 1. The number of aromatic amines is 1. The molecule has 1 fully saturated rings. The van der Waals surface area contributed by atoms with Gasteiger partial charge in [0.1, 0.15) is 0 Å². The second-order valence-electron chi connectivity index (χ2n) is 7.92. The first kappa shape index (κ1) is 16.5. The molecule has 3 aromatic heterocycles. The van der Waals surface area contributed by atoms with Crippen LogP contribution >= 0.6 is 0 Å². The average molecular weight is 359 g/mol. The highest BCUT2D eigenvalue weighted by molar-refractivity contribution is 5.92. The van der Waals surface area contributed by atoms with E-state index >= 15 is 0 Å². The molecule has 27 heavy (non-hydrogen) atoms. The number of H-pyrrole nitrogens is 1. The fourth-order valence-corrected chi connectivity index (χ4v) is 4.45. The van der Waals surface area contributed by atoms with E-state index in [1.807, 2.05) is 6.20 Å². The highest BCUT2D eigenvalue weighted by atomic mass is 15.4. The summed E-state index contributed by atoms with van der Waals surface area (Å²) in [6.07, 6.45) is 6.24. The van der Waals surface area contributed by atoms with E-state index in [0.717, 1.165) is 18.6 Å². The Morgan fingerprint density at radius 3 is 2.78 bits per heavy atom. The molecule has 5 nitrogen and oxygen atoms in total. The number of fused-ring (bicyclic) bond motifs is 2. The lowest BCUT2D eigenvalue weighted by atomic mass is 9.88. The Kier molecular flexibility index (Phi) is 3.97. The third kappa shape index (κ3) is 2.82. The van der Waals surface area contributed by atoms with Crippen molar-refractivity contribution in [3.63, 3.8) is 0 Å². The number of aromatic nitrogens is 4. The lowest BCUT2D eigenvalue weighted by Gasteiger charge is -2.23. The molecule has 138 valence electrons. The van der Waals surface area contributed by atoms with Crippen LogP contribution in [0.5, 0.6) is 0 Å². The van der Waals surface area contributed by atoms with Gasteiger partial charge in [0, 0.05) is 22.7 Å². The van der Waals surface area contributed by atoms with Crippen LogP contribution < -0.4 is 5.32 Å². The largest absolute Gasteiger partial charge is 0.354 e. The van der Waals surface area contributed by atoms with Crippen molar-refractivity contribution in [3.05, 3.63) is 53.9 Å². The summed E-state index contributed by atoms with van der Waals surface area (Å²) in [5.74, 6) is 1.11. The summed E-state index contributed by atoms with van der Waals surface area (Å²) in [5.41, 5.74) is 7.51. The molecule has 0 spiro atoms. The van der Waals surface area contributed by atoms with Gasteiger partial charge in [-0.15, -0.1) is 5.10 Å². The molecule has 5 rings (SSSR count). The molecule has 0 unspecified atom stereocenters. The minimum atomic E-state index is 0.441. The zero-order chi connectivity index (χ0) is 18.4. The van der Waals surface area contributed by atoms with E-state index in [0.29, 0.717) is 11.8 Å². The van der Waals surface area contributed by atoms with Crippen LogP contribution in [0.15, 0.2) is 42.7 Å². The van der Waals surface area contributed by atoms with Crippen LogP contribution in [0.2, 0.25) is 0 Å². The van der Waals surface area contributed by atoms with E-state index in [1.165, 1.54) is 46.1 Å². The van der Waals surface area contributed by atoms with Crippen molar-refractivity contribution in [2.75, 3.05) is 13.1 Å². The van der Waals surface area contributed by atoms with Crippen LogP contribution in [0, 0.1) is 0 Å². The van der Waals surface area contributed by atoms with Crippen molar-refractivity contribution < 1.29 is 0 Å². The molecule has 5 heteroatoms. The Hall–Kier alpha value is -2.66. The summed E-state index contributed by atoms with van der Waals surface area (Å²) in [6.45, 7) is 6.81. The molecule has 0 atom stereocenters. The SMILES string of the molecule is CC(C)c1c(-c2ccn3nncc3c2)[nH]c2ccc(C3CCNCC3)cc12. The minimum Gasteiger partial charge on any atom is -0.354 e. The third-order valence-electron chi connectivity index (χ3n) is 5.84. The van der Waals surface area contributed by atoms with E-state index in [1.54, 1.807) is 10.7 Å². The first-order chi connectivity index (χ1) is 13.2. The van der Waals surface area contributed by atoms with Gasteiger partial charge in [0.2, 0.25) is 0 Å². The van der Waals surface area contributed by atoms with Gasteiger partial charge in [0.25, 0.3) is 0 Å². The molecule has 1 aliphatic rings. The first-order valence-corrected chi connectivity index (χ1v) is 9.87. The molecule has 4 aromatic rings. The zero-order valence-electron chi connectivity index (χ0n) is 15.9. The van der Waals surface area contributed by atoms with Crippen molar-refractivity contribution in [2.45, 2.75) is 38.5 Å². The van der Waals surface area contributed by atoms with Crippen LogP contribution in [0.3, 0.4) is 0 Å². The molecule has 2 N–H and O–H groups in total. The van der Waals surface area contributed by atoms with Gasteiger partial charge < -0.3 is 10.3 Å². The van der Waals surface area contributed by atoms with Gasteiger partial charge in [-0.25, -0.2) is 4.52 Å². The molecule has 0 saturated carbocycles. The fourth-order valence-electron chi connectivity index (χ4n) is 4.45. The van der Waals surface area contributed by atoms with Gasteiger partial charge in [-0.1, -0.05) is 25.1 Å². The lowest BCUT2D eigenvalue weighted by Crippen LogP contribution is -2.26. The number of rotatable bonds is 3. The summed E-state index contributed by atoms with van der Waals surface area (Å²) in [5, 5.41) is 12.9. The highest BCUT2D eigenvalue weighted by Gasteiger charge is 2.20. The molecule has 0 amide bonds. The Bertz CT molecular complexity index is 1100. The Balaban J connectivity index is 1.66. The zero-order valence-corrected chi connectivity index (χ0v) is 15.9. The Morgan fingerprint density at radius 1 is 1.11 bits per heavy atom. The van der Waals surface area contributed by atoms with E-state index in [2.05, 4.69) is 64.8 Å². The maximum Gasteiger partial charge on any atom is 0.0871 e. The fraction of sp³-hybridized carbons (Fsp3) is 0.364. The van der Waals surface area contributed by atoms with Crippen molar-refractivity contribution in [2.24, 2.45) is 0 Å². The molecule has 1 aromatic carbocycles. The summed E-state index contributed by atoms with van der Waals surface area (Å²) in [4.78, 5) is 3.69.